The Hall–Kier alpha value is -1.83. The fraction of sp³-hybridized carbons (Fsp3) is 0.333. The molecule has 1 N–H and O–H groups in total. The molecule has 25 heavy (non-hydrogen) atoms. The van der Waals surface area contributed by atoms with Gasteiger partial charge in [-0.15, -0.1) is 0 Å². The zero-order valence-corrected chi connectivity index (χ0v) is 14.4. The third kappa shape index (κ3) is 4.42. The maximum atomic E-state index is 12.8. The predicted molar refractivity (Wildman–Crippen MR) is 91.6 cm³/mol. The van der Waals surface area contributed by atoms with Crippen LogP contribution in [0.25, 0.3) is 0 Å². The molecule has 134 valence electrons. The van der Waals surface area contributed by atoms with E-state index in [0.717, 1.165) is 18.5 Å². The lowest BCUT2D eigenvalue weighted by Crippen LogP contribution is -2.43. The van der Waals surface area contributed by atoms with E-state index in [9.17, 15) is 17.2 Å². The SMILES string of the molecule is O=S(=O)(NC1CCCN1Cc1cccc(C(F)F)c1)c1ccccc1. The van der Waals surface area contributed by atoms with Gasteiger partial charge in [0.15, 0.2) is 0 Å². The van der Waals surface area contributed by atoms with Crippen LogP contribution < -0.4 is 4.72 Å². The Morgan fingerprint density at radius 1 is 1.12 bits per heavy atom. The Morgan fingerprint density at radius 3 is 2.60 bits per heavy atom. The number of sulfonamides is 1. The summed E-state index contributed by atoms with van der Waals surface area (Å²) in [5, 5.41) is 0. The van der Waals surface area contributed by atoms with Crippen LogP contribution in [0.4, 0.5) is 8.78 Å². The summed E-state index contributed by atoms with van der Waals surface area (Å²) in [5.74, 6) is 0. The third-order valence-electron chi connectivity index (χ3n) is 4.30. The van der Waals surface area contributed by atoms with E-state index in [-0.39, 0.29) is 16.6 Å². The number of hydrogen-bond donors (Lipinski definition) is 1. The Bertz CT molecular complexity index is 813. The molecule has 0 radical (unpaired) electrons. The summed E-state index contributed by atoms with van der Waals surface area (Å²) in [6.07, 6.45) is -1.29. The largest absolute Gasteiger partial charge is 0.283 e. The van der Waals surface area contributed by atoms with Crippen LogP contribution in [0, 0.1) is 0 Å². The van der Waals surface area contributed by atoms with Crippen molar-refractivity contribution in [3.8, 4) is 0 Å². The van der Waals surface area contributed by atoms with Gasteiger partial charge < -0.3 is 0 Å². The fourth-order valence-electron chi connectivity index (χ4n) is 3.06. The molecular weight excluding hydrogens is 346 g/mol. The molecule has 1 unspecified atom stereocenters. The first-order chi connectivity index (χ1) is 12.0. The van der Waals surface area contributed by atoms with Gasteiger partial charge in [0.2, 0.25) is 10.0 Å². The molecule has 1 aliphatic heterocycles. The van der Waals surface area contributed by atoms with Gasteiger partial charge in [-0.25, -0.2) is 17.2 Å². The number of benzene rings is 2. The van der Waals surface area contributed by atoms with Crippen molar-refractivity contribution < 1.29 is 17.2 Å². The van der Waals surface area contributed by atoms with Crippen molar-refractivity contribution in [3.05, 3.63) is 65.7 Å². The molecule has 0 aliphatic carbocycles. The summed E-state index contributed by atoms with van der Waals surface area (Å²) < 4.78 is 53.4. The second kappa shape index (κ2) is 7.59. The van der Waals surface area contributed by atoms with Gasteiger partial charge >= 0.3 is 0 Å². The zero-order valence-electron chi connectivity index (χ0n) is 13.6. The quantitative estimate of drug-likeness (QED) is 0.851. The van der Waals surface area contributed by atoms with Crippen molar-refractivity contribution in [1.29, 1.82) is 0 Å². The first-order valence-corrected chi connectivity index (χ1v) is 9.62. The monoisotopic (exact) mass is 366 g/mol. The summed E-state index contributed by atoms with van der Waals surface area (Å²) >= 11 is 0. The van der Waals surface area contributed by atoms with Crippen LogP contribution in [-0.2, 0) is 16.6 Å². The highest BCUT2D eigenvalue weighted by molar-refractivity contribution is 7.89. The van der Waals surface area contributed by atoms with Gasteiger partial charge in [-0.2, -0.15) is 4.72 Å². The van der Waals surface area contributed by atoms with Gasteiger partial charge in [-0.1, -0.05) is 36.4 Å². The van der Waals surface area contributed by atoms with E-state index in [1.165, 1.54) is 12.1 Å². The summed E-state index contributed by atoms with van der Waals surface area (Å²) in [5.41, 5.74) is 0.738. The standard InChI is InChI=1S/C18H20F2N2O2S/c19-18(20)15-7-4-6-14(12-15)13-22-11-5-10-17(22)21-25(23,24)16-8-2-1-3-9-16/h1-4,6-9,12,17-18,21H,5,10-11,13H2. The van der Waals surface area contributed by atoms with E-state index in [4.69, 9.17) is 0 Å². The molecule has 1 aliphatic rings. The number of hydrogen-bond acceptors (Lipinski definition) is 3. The Labute approximate surface area is 146 Å². The minimum Gasteiger partial charge on any atom is -0.283 e. The number of nitrogens with one attached hydrogen (secondary N) is 1. The molecule has 1 atom stereocenters. The lowest BCUT2D eigenvalue weighted by molar-refractivity contribution is 0.151. The molecule has 1 fully saturated rings. The molecule has 0 spiro atoms. The number of likely N-dealkylation sites (tertiary alicyclic amines) is 1. The predicted octanol–water partition coefficient (Wildman–Crippen LogP) is 3.52. The van der Waals surface area contributed by atoms with Gasteiger partial charge in [0, 0.05) is 18.7 Å². The Kier molecular flexibility index (Phi) is 5.46. The Morgan fingerprint density at radius 2 is 1.88 bits per heavy atom. The maximum absolute atomic E-state index is 12.8. The van der Waals surface area contributed by atoms with Gasteiger partial charge in [-0.05, 0) is 36.6 Å². The maximum Gasteiger partial charge on any atom is 0.263 e. The summed E-state index contributed by atoms with van der Waals surface area (Å²) in [6, 6.07) is 14.5. The van der Waals surface area contributed by atoms with Crippen LogP contribution in [0.5, 0.6) is 0 Å². The lowest BCUT2D eigenvalue weighted by Gasteiger charge is -2.25. The topological polar surface area (TPSA) is 49.4 Å². The van der Waals surface area contributed by atoms with Gasteiger partial charge in [0.05, 0.1) is 11.1 Å². The van der Waals surface area contributed by atoms with Gasteiger partial charge in [0.25, 0.3) is 6.43 Å². The molecule has 1 heterocycles. The zero-order chi connectivity index (χ0) is 17.9. The molecule has 3 rings (SSSR count). The van der Waals surface area contributed by atoms with E-state index in [1.807, 2.05) is 4.90 Å². The summed E-state index contributed by atoms with van der Waals surface area (Å²) in [7, 11) is -3.60. The highest BCUT2D eigenvalue weighted by Crippen LogP contribution is 2.23. The van der Waals surface area contributed by atoms with Crippen molar-refractivity contribution in [2.75, 3.05) is 6.54 Å². The molecule has 0 amide bonds. The van der Waals surface area contributed by atoms with E-state index in [0.29, 0.717) is 13.0 Å². The molecular formula is C18H20F2N2O2S. The molecule has 2 aromatic carbocycles. The number of halogens is 2. The smallest absolute Gasteiger partial charge is 0.263 e. The molecule has 0 saturated carbocycles. The molecule has 1 saturated heterocycles. The lowest BCUT2D eigenvalue weighted by atomic mass is 10.1. The van der Waals surface area contributed by atoms with Crippen LogP contribution in [-0.4, -0.2) is 26.0 Å². The minimum atomic E-state index is -3.60. The summed E-state index contributed by atoms with van der Waals surface area (Å²) in [4.78, 5) is 2.20. The number of alkyl halides is 2. The van der Waals surface area contributed by atoms with E-state index >= 15 is 0 Å². The average Bonchev–Trinajstić information content (AvgIpc) is 3.02. The second-order valence-corrected chi connectivity index (χ2v) is 7.82. The first kappa shape index (κ1) is 18.0. The van der Waals surface area contributed by atoms with Crippen LogP contribution in [0.15, 0.2) is 59.5 Å². The van der Waals surface area contributed by atoms with Crippen molar-refractivity contribution in [1.82, 2.24) is 9.62 Å². The van der Waals surface area contributed by atoms with Crippen molar-refractivity contribution in [2.45, 2.75) is 36.9 Å². The third-order valence-corrected chi connectivity index (χ3v) is 5.77. The van der Waals surface area contributed by atoms with E-state index in [1.54, 1.807) is 42.5 Å². The average molecular weight is 366 g/mol. The Balaban J connectivity index is 1.72. The molecule has 0 aromatic heterocycles. The molecule has 7 heteroatoms. The molecule has 0 bridgehead atoms. The number of nitrogens with zero attached hydrogens (tertiary/aromatic N) is 1. The van der Waals surface area contributed by atoms with Crippen LogP contribution >= 0.6 is 0 Å². The van der Waals surface area contributed by atoms with Crippen molar-refractivity contribution >= 4 is 10.0 Å². The fourth-order valence-corrected chi connectivity index (χ4v) is 4.33. The first-order valence-electron chi connectivity index (χ1n) is 8.14. The molecule has 2 aromatic rings. The minimum absolute atomic E-state index is 0.0156. The number of rotatable bonds is 6. The van der Waals surface area contributed by atoms with Crippen molar-refractivity contribution in [2.24, 2.45) is 0 Å². The van der Waals surface area contributed by atoms with E-state index < -0.39 is 16.4 Å². The van der Waals surface area contributed by atoms with Crippen LogP contribution in [0.3, 0.4) is 0 Å². The summed E-state index contributed by atoms with van der Waals surface area (Å²) in [6.45, 7) is 1.16. The van der Waals surface area contributed by atoms with Gasteiger partial charge in [-0.3, -0.25) is 4.90 Å². The highest BCUT2D eigenvalue weighted by Gasteiger charge is 2.29. The van der Waals surface area contributed by atoms with Crippen LogP contribution in [0.1, 0.15) is 30.4 Å². The van der Waals surface area contributed by atoms with Crippen LogP contribution in [0.2, 0.25) is 0 Å². The molecule has 4 nitrogen and oxygen atoms in total. The normalized spacial score (nSPS) is 18.8. The van der Waals surface area contributed by atoms with Gasteiger partial charge in [0.1, 0.15) is 0 Å². The highest BCUT2D eigenvalue weighted by atomic mass is 32.2. The second-order valence-electron chi connectivity index (χ2n) is 6.11. The van der Waals surface area contributed by atoms with E-state index in [2.05, 4.69) is 4.72 Å². The van der Waals surface area contributed by atoms with Crippen molar-refractivity contribution in [3.63, 3.8) is 0 Å².